The summed E-state index contributed by atoms with van der Waals surface area (Å²) in [7, 11) is 1.49. The molecular weight excluding hydrogens is 362 g/mol. The summed E-state index contributed by atoms with van der Waals surface area (Å²) in [5.41, 5.74) is 0.836. The molecular formula is C18H18ClNO4S. The van der Waals surface area contributed by atoms with E-state index >= 15 is 0 Å². The van der Waals surface area contributed by atoms with Crippen LogP contribution in [-0.2, 0) is 9.53 Å². The van der Waals surface area contributed by atoms with Crippen molar-refractivity contribution in [3.63, 3.8) is 0 Å². The molecule has 0 spiro atoms. The number of hydrogen-bond donors (Lipinski definition) is 1. The largest absolute Gasteiger partial charge is 0.495 e. The highest BCUT2D eigenvalue weighted by atomic mass is 35.5. The van der Waals surface area contributed by atoms with Crippen LogP contribution in [0.3, 0.4) is 0 Å². The second-order valence-electron chi connectivity index (χ2n) is 5.08. The molecule has 0 aliphatic carbocycles. The summed E-state index contributed by atoms with van der Waals surface area (Å²) >= 11 is 7.38. The van der Waals surface area contributed by atoms with Crippen molar-refractivity contribution < 1.29 is 19.1 Å². The average molecular weight is 380 g/mol. The minimum absolute atomic E-state index is 0.410. The molecule has 1 N–H and O–H groups in total. The second-order valence-corrected chi connectivity index (χ2v) is 6.37. The quantitative estimate of drug-likeness (QED) is 0.600. The van der Waals surface area contributed by atoms with Gasteiger partial charge in [-0.2, -0.15) is 0 Å². The van der Waals surface area contributed by atoms with Gasteiger partial charge < -0.3 is 14.8 Å². The highest BCUT2D eigenvalue weighted by Gasteiger charge is 2.21. The third kappa shape index (κ3) is 4.90. The maximum absolute atomic E-state index is 12.3. The van der Waals surface area contributed by atoms with Gasteiger partial charge in [0.25, 0.3) is 5.91 Å². The summed E-state index contributed by atoms with van der Waals surface area (Å²) in [5.74, 6) is -0.565. The first-order chi connectivity index (χ1) is 12.0. The van der Waals surface area contributed by atoms with Crippen LogP contribution in [0.25, 0.3) is 0 Å². The smallest absolute Gasteiger partial charge is 0.340 e. The Kier molecular flexibility index (Phi) is 6.73. The molecule has 7 heteroatoms. The van der Waals surface area contributed by atoms with Crippen LogP contribution in [0.2, 0.25) is 5.02 Å². The molecule has 0 heterocycles. The van der Waals surface area contributed by atoms with Gasteiger partial charge in [0.05, 0.1) is 18.4 Å². The molecule has 1 atom stereocenters. The highest BCUT2D eigenvalue weighted by molar-refractivity contribution is 7.98. The maximum atomic E-state index is 12.3. The van der Waals surface area contributed by atoms with Gasteiger partial charge in [0, 0.05) is 9.92 Å². The third-order valence-electron chi connectivity index (χ3n) is 3.40. The van der Waals surface area contributed by atoms with Gasteiger partial charge >= 0.3 is 5.97 Å². The number of nitrogens with one attached hydrogen (secondary N) is 1. The summed E-state index contributed by atoms with van der Waals surface area (Å²) in [4.78, 5) is 25.4. The van der Waals surface area contributed by atoms with Gasteiger partial charge in [0.2, 0.25) is 0 Å². The first-order valence-corrected chi connectivity index (χ1v) is 9.05. The van der Waals surface area contributed by atoms with E-state index in [1.807, 2.05) is 18.4 Å². The van der Waals surface area contributed by atoms with Crippen molar-refractivity contribution in [1.82, 2.24) is 0 Å². The van der Waals surface area contributed by atoms with Gasteiger partial charge in [-0.25, -0.2) is 4.79 Å². The van der Waals surface area contributed by atoms with E-state index in [0.717, 1.165) is 4.90 Å². The molecule has 25 heavy (non-hydrogen) atoms. The average Bonchev–Trinajstić information content (AvgIpc) is 2.61. The first kappa shape index (κ1) is 19.1. The normalized spacial score (nSPS) is 11.5. The molecule has 0 aliphatic rings. The van der Waals surface area contributed by atoms with Gasteiger partial charge in [0.1, 0.15) is 5.75 Å². The minimum Gasteiger partial charge on any atom is -0.495 e. The Morgan fingerprint density at radius 2 is 1.92 bits per heavy atom. The van der Waals surface area contributed by atoms with Gasteiger partial charge in [0.15, 0.2) is 6.10 Å². The van der Waals surface area contributed by atoms with E-state index in [-0.39, 0.29) is 0 Å². The van der Waals surface area contributed by atoms with Crippen molar-refractivity contribution >= 4 is 40.9 Å². The number of carbonyl (C=O) groups is 2. The van der Waals surface area contributed by atoms with Gasteiger partial charge in [-0.05, 0) is 43.5 Å². The topological polar surface area (TPSA) is 64.6 Å². The lowest BCUT2D eigenvalue weighted by molar-refractivity contribution is -0.123. The van der Waals surface area contributed by atoms with Crippen LogP contribution < -0.4 is 10.1 Å². The monoisotopic (exact) mass is 379 g/mol. The highest BCUT2D eigenvalue weighted by Crippen LogP contribution is 2.28. The Bertz CT molecular complexity index is 781. The second kappa shape index (κ2) is 8.78. The SMILES string of the molecule is COc1ccc(Cl)cc1NC(=O)[C@H](C)OC(=O)c1ccccc1SC. The molecule has 0 radical (unpaired) electrons. The zero-order valence-corrected chi connectivity index (χ0v) is 15.6. The van der Waals surface area contributed by atoms with Crippen molar-refractivity contribution in [2.24, 2.45) is 0 Å². The number of carbonyl (C=O) groups excluding carboxylic acids is 2. The lowest BCUT2D eigenvalue weighted by Gasteiger charge is -2.16. The molecule has 5 nitrogen and oxygen atoms in total. The fraction of sp³-hybridized carbons (Fsp3) is 0.222. The summed E-state index contributed by atoms with van der Waals surface area (Å²) in [6, 6.07) is 11.9. The summed E-state index contributed by atoms with van der Waals surface area (Å²) in [5, 5.41) is 3.11. The number of halogens is 1. The van der Waals surface area contributed by atoms with Gasteiger partial charge in [-0.1, -0.05) is 23.7 Å². The van der Waals surface area contributed by atoms with Crippen LogP contribution in [0, 0.1) is 0 Å². The molecule has 0 bridgehead atoms. The number of thioether (sulfide) groups is 1. The molecule has 1 amide bonds. The van der Waals surface area contributed by atoms with Crippen molar-refractivity contribution in [2.75, 3.05) is 18.7 Å². The molecule has 0 aromatic heterocycles. The molecule has 2 aromatic rings. The maximum Gasteiger partial charge on any atom is 0.340 e. The van der Waals surface area contributed by atoms with Crippen molar-refractivity contribution in [2.45, 2.75) is 17.9 Å². The molecule has 0 unspecified atom stereocenters. The summed E-state index contributed by atoms with van der Waals surface area (Å²) < 4.78 is 10.5. The molecule has 132 valence electrons. The molecule has 0 fully saturated rings. The summed E-state index contributed by atoms with van der Waals surface area (Å²) in [6.07, 6.45) is 0.888. The Morgan fingerprint density at radius 1 is 1.20 bits per heavy atom. The number of rotatable bonds is 6. The van der Waals surface area contributed by atoms with E-state index < -0.39 is 18.0 Å². The molecule has 2 aromatic carbocycles. The van der Waals surface area contributed by atoms with E-state index in [1.54, 1.807) is 30.3 Å². The third-order valence-corrected chi connectivity index (χ3v) is 4.43. The van der Waals surface area contributed by atoms with Gasteiger partial charge in [-0.3, -0.25) is 4.79 Å². The zero-order valence-electron chi connectivity index (χ0n) is 14.0. The Labute approximate surface area is 155 Å². The van der Waals surface area contributed by atoms with Gasteiger partial charge in [-0.15, -0.1) is 11.8 Å². The Hall–Kier alpha value is -2.18. The number of amides is 1. The Morgan fingerprint density at radius 3 is 2.60 bits per heavy atom. The molecule has 2 rings (SSSR count). The van der Waals surface area contributed by atoms with Crippen molar-refractivity contribution in [1.29, 1.82) is 0 Å². The predicted octanol–water partition coefficient (Wildman–Crippen LogP) is 4.25. The molecule has 0 saturated heterocycles. The van der Waals surface area contributed by atoms with E-state index in [1.165, 1.54) is 25.8 Å². The number of methoxy groups -OCH3 is 1. The number of esters is 1. The molecule has 0 saturated carbocycles. The summed E-state index contributed by atoms with van der Waals surface area (Å²) in [6.45, 7) is 1.51. The van der Waals surface area contributed by atoms with Crippen LogP contribution >= 0.6 is 23.4 Å². The fourth-order valence-electron chi connectivity index (χ4n) is 2.10. The minimum atomic E-state index is -0.980. The van der Waals surface area contributed by atoms with E-state index in [9.17, 15) is 9.59 Å². The molecule has 0 aliphatic heterocycles. The van der Waals surface area contributed by atoms with E-state index in [0.29, 0.717) is 22.0 Å². The zero-order chi connectivity index (χ0) is 18.4. The van der Waals surface area contributed by atoms with Crippen molar-refractivity contribution in [3.05, 3.63) is 53.1 Å². The number of benzene rings is 2. The lowest BCUT2D eigenvalue weighted by Crippen LogP contribution is -2.30. The number of anilines is 1. The van der Waals surface area contributed by atoms with Crippen LogP contribution in [0.5, 0.6) is 5.75 Å². The number of ether oxygens (including phenoxy) is 2. The van der Waals surface area contributed by atoms with Crippen LogP contribution in [0.1, 0.15) is 17.3 Å². The van der Waals surface area contributed by atoms with Crippen LogP contribution in [-0.4, -0.2) is 31.3 Å². The van der Waals surface area contributed by atoms with Crippen LogP contribution in [0.15, 0.2) is 47.4 Å². The predicted molar refractivity (Wildman–Crippen MR) is 99.7 cm³/mol. The lowest BCUT2D eigenvalue weighted by atomic mass is 10.2. The standard InChI is InChI=1S/C18H18ClNO4S/c1-11(24-18(22)13-6-4-5-7-16(13)25-3)17(21)20-14-10-12(19)8-9-15(14)23-2/h4-11H,1-3H3,(H,20,21)/t11-/m0/s1. The number of hydrogen-bond acceptors (Lipinski definition) is 5. The first-order valence-electron chi connectivity index (χ1n) is 7.44. The fourth-order valence-corrected chi connectivity index (χ4v) is 2.86. The van der Waals surface area contributed by atoms with E-state index in [4.69, 9.17) is 21.1 Å². The Balaban J connectivity index is 2.08. The van der Waals surface area contributed by atoms with Crippen LogP contribution in [0.4, 0.5) is 5.69 Å². The van der Waals surface area contributed by atoms with E-state index in [2.05, 4.69) is 5.32 Å². The van der Waals surface area contributed by atoms with Crippen molar-refractivity contribution in [3.8, 4) is 5.75 Å².